The van der Waals surface area contributed by atoms with Gasteiger partial charge in [-0.25, -0.2) is 9.59 Å². The van der Waals surface area contributed by atoms with Crippen LogP contribution in [0.4, 0.5) is 0 Å². The van der Waals surface area contributed by atoms with Gasteiger partial charge in [-0.3, -0.25) is 0 Å². The standard InChI is InChI=1S/C21H23N3O6/c1-6-28-21(26)17-11(2)16(12(3)22-17)20(25)29-13(4)18-23-24-19(30-18)14-7-9-15(27-5)10-8-14/h7-10,13,22H,6H2,1-5H3/t13-/m0/s1. The van der Waals surface area contributed by atoms with Crippen molar-refractivity contribution in [3.05, 3.63) is 52.7 Å². The van der Waals surface area contributed by atoms with E-state index < -0.39 is 18.0 Å². The third-order valence-corrected chi connectivity index (χ3v) is 4.53. The van der Waals surface area contributed by atoms with Crippen molar-refractivity contribution in [3.63, 3.8) is 0 Å². The van der Waals surface area contributed by atoms with Gasteiger partial charge in [0, 0.05) is 11.3 Å². The van der Waals surface area contributed by atoms with Crippen molar-refractivity contribution < 1.29 is 28.2 Å². The highest BCUT2D eigenvalue weighted by atomic mass is 16.6. The maximum absolute atomic E-state index is 12.7. The Bertz CT molecular complexity index is 1050. The smallest absolute Gasteiger partial charge is 0.355 e. The van der Waals surface area contributed by atoms with Crippen LogP contribution >= 0.6 is 0 Å². The largest absolute Gasteiger partial charge is 0.497 e. The second-order valence-corrected chi connectivity index (χ2v) is 6.57. The molecule has 3 rings (SSSR count). The minimum absolute atomic E-state index is 0.158. The van der Waals surface area contributed by atoms with Gasteiger partial charge in [-0.2, -0.15) is 0 Å². The van der Waals surface area contributed by atoms with E-state index in [1.807, 2.05) is 0 Å². The Morgan fingerprint density at radius 3 is 2.47 bits per heavy atom. The van der Waals surface area contributed by atoms with Crippen molar-refractivity contribution >= 4 is 11.9 Å². The van der Waals surface area contributed by atoms with Crippen LogP contribution < -0.4 is 4.74 Å². The molecule has 0 saturated heterocycles. The van der Waals surface area contributed by atoms with E-state index in [-0.39, 0.29) is 23.8 Å². The summed E-state index contributed by atoms with van der Waals surface area (Å²) < 4.78 is 21.3. The number of methoxy groups -OCH3 is 1. The zero-order chi connectivity index (χ0) is 21.8. The molecule has 0 aliphatic rings. The lowest BCUT2D eigenvalue weighted by Crippen LogP contribution is -2.12. The Kier molecular flexibility index (Phi) is 6.20. The number of nitrogens with one attached hydrogen (secondary N) is 1. The van der Waals surface area contributed by atoms with E-state index in [0.29, 0.717) is 28.5 Å². The van der Waals surface area contributed by atoms with Crippen molar-refractivity contribution in [2.75, 3.05) is 13.7 Å². The lowest BCUT2D eigenvalue weighted by atomic mass is 10.1. The second kappa shape index (κ2) is 8.81. The fourth-order valence-corrected chi connectivity index (χ4v) is 2.98. The molecule has 30 heavy (non-hydrogen) atoms. The summed E-state index contributed by atoms with van der Waals surface area (Å²) >= 11 is 0. The molecule has 3 aromatic rings. The van der Waals surface area contributed by atoms with Gasteiger partial charge in [-0.1, -0.05) is 0 Å². The van der Waals surface area contributed by atoms with Crippen LogP contribution in [0.1, 0.15) is 57.9 Å². The molecule has 1 aromatic carbocycles. The van der Waals surface area contributed by atoms with Gasteiger partial charge in [0.25, 0.3) is 5.89 Å². The van der Waals surface area contributed by atoms with Gasteiger partial charge in [0.05, 0.1) is 19.3 Å². The molecule has 0 bridgehead atoms. The van der Waals surface area contributed by atoms with Gasteiger partial charge >= 0.3 is 11.9 Å². The summed E-state index contributed by atoms with van der Waals surface area (Å²) in [5.74, 6) is 0.0414. The van der Waals surface area contributed by atoms with Crippen molar-refractivity contribution in [2.45, 2.75) is 33.8 Å². The maximum Gasteiger partial charge on any atom is 0.355 e. The second-order valence-electron chi connectivity index (χ2n) is 6.57. The van der Waals surface area contributed by atoms with E-state index in [1.54, 1.807) is 59.1 Å². The Morgan fingerprint density at radius 2 is 1.83 bits per heavy atom. The van der Waals surface area contributed by atoms with Crippen LogP contribution in [-0.2, 0) is 9.47 Å². The molecule has 158 valence electrons. The number of hydrogen-bond donors (Lipinski definition) is 1. The molecule has 9 nitrogen and oxygen atoms in total. The normalized spacial score (nSPS) is 11.8. The number of nitrogens with zero attached hydrogens (tertiary/aromatic N) is 2. The molecule has 0 unspecified atom stereocenters. The number of aromatic nitrogens is 3. The van der Waals surface area contributed by atoms with Crippen LogP contribution in [0.15, 0.2) is 28.7 Å². The van der Waals surface area contributed by atoms with Gasteiger partial charge in [0.1, 0.15) is 11.4 Å². The first-order valence-electron chi connectivity index (χ1n) is 9.40. The van der Waals surface area contributed by atoms with Crippen LogP contribution in [0.5, 0.6) is 5.75 Å². The monoisotopic (exact) mass is 413 g/mol. The van der Waals surface area contributed by atoms with Gasteiger partial charge < -0.3 is 23.6 Å². The summed E-state index contributed by atoms with van der Waals surface area (Å²) in [5, 5.41) is 7.99. The fraction of sp³-hybridized carbons (Fsp3) is 0.333. The summed E-state index contributed by atoms with van der Waals surface area (Å²) in [6, 6.07) is 7.13. The number of carbonyl (C=O) groups excluding carboxylic acids is 2. The van der Waals surface area contributed by atoms with E-state index in [2.05, 4.69) is 15.2 Å². The molecule has 2 heterocycles. The quantitative estimate of drug-likeness (QED) is 0.582. The number of carbonyl (C=O) groups is 2. The average molecular weight is 413 g/mol. The average Bonchev–Trinajstić information content (AvgIpc) is 3.33. The van der Waals surface area contributed by atoms with Gasteiger partial charge in [-0.15, -0.1) is 10.2 Å². The number of ether oxygens (including phenoxy) is 3. The minimum Gasteiger partial charge on any atom is -0.497 e. The lowest BCUT2D eigenvalue weighted by molar-refractivity contribution is 0.0278. The van der Waals surface area contributed by atoms with E-state index in [9.17, 15) is 9.59 Å². The zero-order valence-electron chi connectivity index (χ0n) is 17.4. The molecule has 9 heteroatoms. The summed E-state index contributed by atoms with van der Waals surface area (Å²) in [6.45, 7) is 6.93. The highest BCUT2D eigenvalue weighted by molar-refractivity contribution is 5.98. The number of rotatable bonds is 7. The Balaban J connectivity index is 1.75. The highest BCUT2D eigenvalue weighted by Gasteiger charge is 2.26. The summed E-state index contributed by atoms with van der Waals surface area (Å²) in [4.78, 5) is 27.6. The minimum atomic E-state index is -0.781. The summed E-state index contributed by atoms with van der Waals surface area (Å²) in [5.41, 5.74) is 2.20. The van der Waals surface area contributed by atoms with Crippen molar-refractivity contribution in [3.8, 4) is 17.2 Å². The SMILES string of the molecule is CCOC(=O)c1[nH]c(C)c(C(=O)O[C@@H](C)c2nnc(-c3ccc(OC)cc3)o2)c1C. The van der Waals surface area contributed by atoms with E-state index in [1.165, 1.54) is 0 Å². The molecule has 0 saturated carbocycles. The number of H-pyrrole nitrogens is 1. The molecule has 1 N–H and O–H groups in total. The lowest BCUT2D eigenvalue weighted by Gasteiger charge is -2.10. The number of aromatic amines is 1. The third kappa shape index (κ3) is 4.19. The van der Waals surface area contributed by atoms with Gasteiger partial charge in [-0.05, 0) is 57.5 Å². The van der Waals surface area contributed by atoms with Crippen LogP contribution in [0.2, 0.25) is 0 Å². The number of benzene rings is 1. The Hall–Kier alpha value is -3.62. The summed E-state index contributed by atoms with van der Waals surface area (Å²) in [6.07, 6.45) is -0.781. The van der Waals surface area contributed by atoms with Gasteiger partial charge in [0.2, 0.25) is 5.89 Å². The molecule has 1 atom stereocenters. The van der Waals surface area contributed by atoms with Crippen LogP contribution in [0.3, 0.4) is 0 Å². The molecule has 0 radical (unpaired) electrons. The topological polar surface area (TPSA) is 117 Å². The van der Waals surface area contributed by atoms with E-state index >= 15 is 0 Å². The molecular formula is C21H23N3O6. The fourth-order valence-electron chi connectivity index (χ4n) is 2.98. The summed E-state index contributed by atoms with van der Waals surface area (Å²) in [7, 11) is 1.58. The van der Waals surface area contributed by atoms with E-state index in [0.717, 1.165) is 0 Å². The molecule has 0 aliphatic carbocycles. The highest BCUT2D eigenvalue weighted by Crippen LogP contribution is 2.26. The predicted molar refractivity (Wildman–Crippen MR) is 106 cm³/mol. The Labute approximate surface area is 173 Å². The molecule has 0 spiro atoms. The number of hydrogen-bond acceptors (Lipinski definition) is 8. The Morgan fingerprint density at radius 1 is 1.13 bits per heavy atom. The van der Waals surface area contributed by atoms with E-state index in [4.69, 9.17) is 18.6 Å². The molecule has 0 amide bonds. The van der Waals surface area contributed by atoms with Crippen molar-refractivity contribution in [2.24, 2.45) is 0 Å². The maximum atomic E-state index is 12.7. The first kappa shape index (κ1) is 21.1. The first-order chi connectivity index (χ1) is 14.3. The number of aryl methyl sites for hydroxylation is 1. The van der Waals surface area contributed by atoms with Crippen LogP contribution in [0.25, 0.3) is 11.5 Å². The van der Waals surface area contributed by atoms with Crippen LogP contribution in [0, 0.1) is 13.8 Å². The molecule has 0 fully saturated rings. The molecule has 2 aromatic heterocycles. The third-order valence-electron chi connectivity index (χ3n) is 4.53. The van der Waals surface area contributed by atoms with Gasteiger partial charge in [0.15, 0.2) is 6.10 Å². The zero-order valence-corrected chi connectivity index (χ0v) is 17.4. The van der Waals surface area contributed by atoms with Crippen LogP contribution in [-0.4, -0.2) is 40.8 Å². The molecular weight excluding hydrogens is 390 g/mol. The first-order valence-corrected chi connectivity index (χ1v) is 9.40. The molecule has 0 aliphatic heterocycles. The van der Waals surface area contributed by atoms with Crippen molar-refractivity contribution in [1.29, 1.82) is 0 Å². The van der Waals surface area contributed by atoms with Crippen molar-refractivity contribution in [1.82, 2.24) is 15.2 Å². The predicted octanol–water partition coefficient (Wildman–Crippen LogP) is 3.78. The number of esters is 2.